The lowest BCUT2D eigenvalue weighted by atomic mass is 10.1. The second-order valence-electron chi connectivity index (χ2n) is 7.60. The third kappa shape index (κ3) is 7.58. The van der Waals surface area contributed by atoms with Crippen LogP contribution in [0.3, 0.4) is 0 Å². The van der Waals surface area contributed by atoms with Crippen LogP contribution in [-0.4, -0.2) is 33.1 Å². The summed E-state index contributed by atoms with van der Waals surface area (Å²) in [5, 5.41) is 27.4. The SMILES string of the molecule is Cl.O=c1cc(CNCCCCCCCCNc2ccnc3cc(Cl)ccc23)n(O)cc1O. The number of hydrogen-bond acceptors (Lipinski definition) is 6. The minimum Gasteiger partial charge on any atom is -0.503 e. The van der Waals surface area contributed by atoms with E-state index in [2.05, 4.69) is 15.6 Å². The molecule has 0 aliphatic carbocycles. The van der Waals surface area contributed by atoms with E-state index < -0.39 is 11.2 Å². The molecule has 7 nitrogen and oxygen atoms in total. The summed E-state index contributed by atoms with van der Waals surface area (Å²) in [7, 11) is 0. The first kappa shape index (κ1) is 25.8. The number of aromatic hydroxyl groups is 1. The zero-order chi connectivity index (χ0) is 22.1. The third-order valence-corrected chi connectivity index (χ3v) is 5.43. The first-order valence-electron chi connectivity index (χ1n) is 10.7. The number of hydrogen-bond donors (Lipinski definition) is 4. The van der Waals surface area contributed by atoms with E-state index in [4.69, 9.17) is 11.6 Å². The Bertz CT molecular complexity index is 1060. The van der Waals surface area contributed by atoms with Crippen molar-refractivity contribution < 1.29 is 10.3 Å². The number of benzene rings is 1. The summed E-state index contributed by atoms with van der Waals surface area (Å²) in [5.41, 5.74) is 1.94. The van der Waals surface area contributed by atoms with Gasteiger partial charge in [0.1, 0.15) is 0 Å². The molecule has 0 spiro atoms. The summed E-state index contributed by atoms with van der Waals surface area (Å²) in [6, 6.07) is 9.00. The van der Waals surface area contributed by atoms with E-state index >= 15 is 0 Å². The van der Waals surface area contributed by atoms with Gasteiger partial charge in [0.05, 0.1) is 17.4 Å². The van der Waals surface area contributed by atoms with Gasteiger partial charge in [0, 0.05) is 41.4 Å². The average molecular weight is 481 g/mol. The summed E-state index contributed by atoms with van der Waals surface area (Å²) in [6.45, 7) is 2.13. The molecule has 0 aliphatic heterocycles. The van der Waals surface area contributed by atoms with Gasteiger partial charge >= 0.3 is 0 Å². The number of nitrogens with one attached hydrogen (secondary N) is 2. The van der Waals surface area contributed by atoms with Gasteiger partial charge in [0.25, 0.3) is 0 Å². The van der Waals surface area contributed by atoms with E-state index in [0.29, 0.717) is 17.3 Å². The molecule has 9 heteroatoms. The lowest BCUT2D eigenvalue weighted by Crippen LogP contribution is -2.20. The topological polar surface area (TPSA) is 99.4 Å². The number of rotatable bonds is 12. The standard InChI is InChI=1S/C23H29ClN4O3.ClH/c24-17-7-8-19-20(9-12-27-21(19)13-17)26-11-6-4-2-1-3-5-10-25-15-18-14-22(29)23(30)16-28(18)31;/h7-9,12-14,16,25,30-31H,1-6,10-11,15H2,(H,26,27);1H. The minimum atomic E-state index is -0.488. The Morgan fingerprint density at radius 2 is 1.72 bits per heavy atom. The molecule has 3 rings (SSSR count). The minimum absolute atomic E-state index is 0. The van der Waals surface area contributed by atoms with E-state index in [1.807, 2.05) is 24.3 Å². The zero-order valence-corrected chi connectivity index (χ0v) is 19.5. The maximum atomic E-state index is 11.4. The normalized spacial score (nSPS) is 10.8. The molecule has 0 bridgehead atoms. The monoisotopic (exact) mass is 480 g/mol. The molecule has 0 unspecified atom stereocenters. The summed E-state index contributed by atoms with van der Waals surface area (Å²) >= 11 is 6.04. The Morgan fingerprint density at radius 3 is 2.50 bits per heavy atom. The molecule has 0 atom stereocenters. The third-order valence-electron chi connectivity index (χ3n) is 5.20. The first-order chi connectivity index (χ1) is 15.0. The summed E-state index contributed by atoms with van der Waals surface area (Å²) in [6.07, 6.45) is 9.67. The molecule has 32 heavy (non-hydrogen) atoms. The van der Waals surface area contributed by atoms with Crippen molar-refractivity contribution >= 4 is 40.6 Å². The molecule has 4 N–H and O–H groups in total. The van der Waals surface area contributed by atoms with Crippen molar-refractivity contribution in [2.75, 3.05) is 18.4 Å². The molecule has 0 fully saturated rings. The van der Waals surface area contributed by atoms with Crippen LogP contribution in [0.15, 0.2) is 47.5 Å². The first-order valence-corrected chi connectivity index (χ1v) is 11.0. The smallest absolute Gasteiger partial charge is 0.223 e. The van der Waals surface area contributed by atoms with Crippen molar-refractivity contribution in [3.63, 3.8) is 0 Å². The molecule has 2 aromatic heterocycles. The van der Waals surface area contributed by atoms with Crippen LogP contribution < -0.4 is 16.1 Å². The molecule has 3 aromatic rings. The Hall–Kier alpha value is -2.48. The van der Waals surface area contributed by atoms with Crippen LogP contribution in [0.5, 0.6) is 5.75 Å². The number of fused-ring (bicyclic) bond motifs is 1. The predicted octanol–water partition coefficient (Wildman–Crippen LogP) is 4.96. The number of pyridine rings is 2. The van der Waals surface area contributed by atoms with E-state index in [1.54, 1.807) is 6.20 Å². The molecule has 1 aromatic carbocycles. The van der Waals surface area contributed by atoms with Gasteiger partial charge in [-0.2, -0.15) is 4.73 Å². The van der Waals surface area contributed by atoms with Gasteiger partial charge in [-0.1, -0.05) is 37.3 Å². The fraction of sp³-hybridized carbons (Fsp3) is 0.391. The molecule has 0 saturated carbocycles. The Kier molecular flexibility index (Phi) is 10.6. The fourth-order valence-electron chi connectivity index (χ4n) is 3.48. The van der Waals surface area contributed by atoms with E-state index in [0.717, 1.165) is 59.9 Å². The van der Waals surface area contributed by atoms with Crippen molar-refractivity contribution in [1.82, 2.24) is 15.0 Å². The van der Waals surface area contributed by atoms with Crippen LogP contribution in [0.2, 0.25) is 5.02 Å². The highest BCUT2D eigenvalue weighted by molar-refractivity contribution is 6.31. The highest BCUT2D eigenvalue weighted by Crippen LogP contribution is 2.24. The van der Waals surface area contributed by atoms with Crippen molar-refractivity contribution in [1.29, 1.82) is 0 Å². The molecule has 2 heterocycles. The van der Waals surface area contributed by atoms with Crippen molar-refractivity contribution in [2.24, 2.45) is 0 Å². The number of anilines is 1. The van der Waals surface area contributed by atoms with Gasteiger partial charge in [-0.05, 0) is 43.7 Å². The van der Waals surface area contributed by atoms with Crippen molar-refractivity contribution in [2.45, 2.75) is 45.1 Å². The zero-order valence-electron chi connectivity index (χ0n) is 17.9. The van der Waals surface area contributed by atoms with Gasteiger partial charge in [-0.15, -0.1) is 12.4 Å². The Labute approximate surface area is 198 Å². The van der Waals surface area contributed by atoms with Crippen LogP contribution in [0, 0.1) is 0 Å². The summed E-state index contributed by atoms with van der Waals surface area (Å²) in [5.74, 6) is -0.458. The van der Waals surface area contributed by atoms with Crippen LogP contribution in [0.1, 0.15) is 44.2 Å². The molecular weight excluding hydrogens is 451 g/mol. The summed E-state index contributed by atoms with van der Waals surface area (Å²) < 4.78 is 0.779. The number of nitrogens with zero attached hydrogens (tertiary/aromatic N) is 2. The maximum absolute atomic E-state index is 11.4. The van der Waals surface area contributed by atoms with Crippen molar-refractivity contribution in [3.8, 4) is 5.75 Å². The van der Waals surface area contributed by atoms with Crippen LogP contribution >= 0.6 is 24.0 Å². The van der Waals surface area contributed by atoms with Crippen LogP contribution in [0.25, 0.3) is 10.9 Å². The van der Waals surface area contributed by atoms with E-state index in [1.165, 1.54) is 25.3 Å². The van der Waals surface area contributed by atoms with Crippen LogP contribution in [-0.2, 0) is 6.54 Å². The maximum Gasteiger partial charge on any atom is 0.223 e. The number of unbranched alkanes of at least 4 members (excludes halogenated alkanes) is 5. The molecule has 0 aliphatic rings. The van der Waals surface area contributed by atoms with Gasteiger partial charge in [0.15, 0.2) is 5.75 Å². The fourth-order valence-corrected chi connectivity index (χ4v) is 3.65. The van der Waals surface area contributed by atoms with Gasteiger partial charge < -0.3 is 20.9 Å². The molecule has 0 saturated heterocycles. The predicted molar refractivity (Wildman–Crippen MR) is 131 cm³/mol. The Balaban J connectivity index is 0.00000363. The lowest BCUT2D eigenvalue weighted by molar-refractivity contribution is 0.169. The largest absolute Gasteiger partial charge is 0.503 e. The van der Waals surface area contributed by atoms with Gasteiger partial charge in [-0.25, -0.2) is 0 Å². The molecule has 0 radical (unpaired) electrons. The van der Waals surface area contributed by atoms with Crippen molar-refractivity contribution in [3.05, 3.63) is 63.7 Å². The quantitative estimate of drug-likeness (QED) is 0.216. The molecule has 174 valence electrons. The highest BCUT2D eigenvalue weighted by Gasteiger charge is 2.05. The summed E-state index contributed by atoms with van der Waals surface area (Å²) in [4.78, 5) is 15.8. The lowest BCUT2D eigenvalue weighted by Gasteiger charge is -2.10. The van der Waals surface area contributed by atoms with E-state index in [9.17, 15) is 15.1 Å². The second kappa shape index (κ2) is 13.2. The highest BCUT2D eigenvalue weighted by atomic mass is 35.5. The second-order valence-corrected chi connectivity index (χ2v) is 8.04. The molecular formula is C23H30Cl2N4O3. The Morgan fingerprint density at radius 1 is 1.00 bits per heavy atom. The molecule has 0 amide bonds. The van der Waals surface area contributed by atoms with Gasteiger partial charge in [-0.3, -0.25) is 9.78 Å². The average Bonchev–Trinajstić information content (AvgIpc) is 2.75. The number of aromatic nitrogens is 2. The van der Waals surface area contributed by atoms with Gasteiger partial charge in [0.2, 0.25) is 5.43 Å². The van der Waals surface area contributed by atoms with Crippen LogP contribution in [0.4, 0.5) is 5.69 Å². The van der Waals surface area contributed by atoms with E-state index in [-0.39, 0.29) is 12.4 Å². The number of halogens is 2.